The van der Waals surface area contributed by atoms with Crippen molar-refractivity contribution >= 4 is 11.0 Å². The number of fused-ring (bicyclic) bond motifs is 1. The lowest BCUT2D eigenvalue weighted by molar-refractivity contribution is 0.136. The molecule has 2 heterocycles. The summed E-state index contributed by atoms with van der Waals surface area (Å²) >= 11 is 0. The van der Waals surface area contributed by atoms with E-state index in [0.717, 1.165) is 29.8 Å². The minimum atomic E-state index is 0.173. The summed E-state index contributed by atoms with van der Waals surface area (Å²) in [5.41, 5.74) is 0.933. The van der Waals surface area contributed by atoms with Gasteiger partial charge in [0.25, 0.3) is 0 Å². The second-order valence-corrected chi connectivity index (χ2v) is 5.87. The number of rotatable bonds is 6. The van der Waals surface area contributed by atoms with E-state index in [-0.39, 0.29) is 12.6 Å². The van der Waals surface area contributed by atoms with Crippen molar-refractivity contribution < 1.29 is 9.52 Å². The third-order valence-corrected chi connectivity index (χ3v) is 4.41. The number of nitrogens with one attached hydrogen (secondary N) is 1. The Balaban J connectivity index is 1.76. The summed E-state index contributed by atoms with van der Waals surface area (Å²) in [5, 5.41) is 14.0. The highest BCUT2D eigenvalue weighted by molar-refractivity contribution is 5.77. The van der Waals surface area contributed by atoms with E-state index < -0.39 is 0 Å². The van der Waals surface area contributed by atoms with Gasteiger partial charge < -0.3 is 14.8 Å². The van der Waals surface area contributed by atoms with Gasteiger partial charge in [-0.2, -0.15) is 0 Å². The summed E-state index contributed by atoms with van der Waals surface area (Å²) in [4.78, 5) is 2.31. The molecule has 1 aromatic heterocycles. The maximum absolute atomic E-state index is 9.35. The highest BCUT2D eigenvalue weighted by Gasteiger charge is 2.24. The summed E-state index contributed by atoms with van der Waals surface area (Å²) < 4.78 is 5.98. The second kappa shape index (κ2) is 6.60. The molecular weight excluding hydrogens is 264 g/mol. The molecule has 2 aromatic rings. The van der Waals surface area contributed by atoms with Gasteiger partial charge in [0.2, 0.25) is 0 Å². The van der Waals surface area contributed by atoms with Crippen LogP contribution in [0.2, 0.25) is 0 Å². The molecule has 4 nitrogen and oxygen atoms in total. The van der Waals surface area contributed by atoms with Crippen LogP contribution < -0.4 is 5.32 Å². The number of hydrogen-bond acceptors (Lipinski definition) is 4. The Morgan fingerprint density at radius 1 is 1.43 bits per heavy atom. The average molecular weight is 288 g/mol. The summed E-state index contributed by atoms with van der Waals surface area (Å²) in [6.07, 6.45) is 2.46. The third-order valence-electron chi connectivity index (χ3n) is 4.41. The fourth-order valence-electron chi connectivity index (χ4n) is 3.16. The molecule has 1 aliphatic rings. The van der Waals surface area contributed by atoms with E-state index in [1.807, 2.05) is 18.2 Å². The molecule has 2 N–H and O–H groups in total. The number of furan rings is 1. The molecule has 21 heavy (non-hydrogen) atoms. The van der Waals surface area contributed by atoms with Gasteiger partial charge in [0.1, 0.15) is 11.3 Å². The fraction of sp³-hybridized carbons (Fsp3) is 0.529. The number of aliphatic hydroxyl groups is 1. The number of aliphatic hydroxyl groups excluding tert-OH is 1. The Hall–Kier alpha value is -1.36. The smallest absolute Gasteiger partial charge is 0.134 e. The molecule has 2 atom stereocenters. The van der Waals surface area contributed by atoms with E-state index in [4.69, 9.17) is 4.42 Å². The predicted molar refractivity (Wildman–Crippen MR) is 84.3 cm³/mol. The zero-order valence-corrected chi connectivity index (χ0v) is 12.6. The van der Waals surface area contributed by atoms with Gasteiger partial charge >= 0.3 is 0 Å². The SMILES string of the molecule is CC(c1cc2ccccc2o1)N(CCO)CC1CCCN1. The molecule has 1 saturated heterocycles. The highest BCUT2D eigenvalue weighted by Crippen LogP contribution is 2.27. The first-order chi connectivity index (χ1) is 10.3. The minimum absolute atomic E-state index is 0.173. The first-order valence-corrected chi connectivity index (χ1v) is 7.84. The predicted octanol–water partition coefficient (Wildman–Crippen LogP) is 2.54. The number of nitrogens with zero attached hydrogens (tertiary/aromatic N) is 1. The first kappa shape index (κ1) is 14.6. The van der Waals surface area contributed by atoms with E-state index in [9.17, 15) is 5.11 Å². The number of benzene rings is 1. The molecule has 0 radical (unpaired) electrons. The number of para-hydroxylation sites is 1. The Morgan fingerprint density at radius 2 is 2.29 bits per heavy atom. The Bertz CT molecular complexity index is 542. The van der Waals surface area contributed by atoms with Crippen molar-refractivity contribution in [1.29, 1.82) is 0 Å². The zero-order valence-electron chi connectivity index (χ0n) is 12.6. The van der Waals surface area contributed by atoms with Crippen molar-refractivity contribution in [1.82, 2.24) is 10.2 Å². The third kappa shape index (κ3) is 3.28. The van der Waals surface area contributed by atoms with E-state index in [0.29, 0.717) is 12.6 Å². The van der Waals surface area contributed by atoms with E-state index in [1.54, 1.807) is 0 Å². The van der Waals surface area contributed by atoms with Gasteiger partial charge in [0.05, 0.1) is 12.6 Å². The molecule has 0 aliphatic carbocycles. The first-order valence-electron chi connectivity index (χ1n) is 7.84. The van der Waals surface area contributed by atoms with Gasteiger partial charge in [-0.1, -0.05) is 18.2 Å². The lowest BCUT2D eigenvalue weighted by atomic mass is 10.1. The quantitative estimate of drug-likeness (QED) is 0.857. The largest absolute Gasteiger partial charge is 0.459 e. The lowest BCUT2D eigenvalue weighted by Gasteiger charge is -2.29. The molecule has 3 rings (SSSR count). The molecule has 1 aliphatic heterocycles. The molecule has 1 fully saturated rings. The van der Waals surface area contributed by atoms with Crippen LogP contribution in [0, 0.1) is 0 Å². The van der Waals surface area contributed by atoms with Crippen LogP contribution in [0.1, 0.15) is 31.6 Å². The number of hydrogen-bond donors (Lipinski definition) is 2. The Morgan fingerprint density at radius 3 is 3.00 bits per heavy atom. The summed E-state index contributed by atoms with van der Waals surface area (Å²) in [6.45, 7) is 5.07. The van der Waals surface area contributed by atoms with Gasteiger partial charge in [0, 0.05) is 24.5 Å². The van der Waals surface area contributed by atoms with Crippen LogP contribution in [-0.4, -0.2) is 42.3 Å². The maximum Gasteiger partial charge on any atom is 0.134 e. The van der Waals surface area contributed by atoms with Crippen LogP contribution in [0.5, 0.6) is 0 Å². The van der Waals surface area contributed by atoms with Crippen LogP contribution >= 0.6 is 0 Å². The molecule has 2 unspecified atom stereocenters. The fourth-order valence-corrected chi connectivity index (χ4v) is 3.16. The molecular formula is C17H24N2O2. The second-order valence-electron chi connectivity index (χ2n) is 5.87. The molecule has 4 heteroatoms. The van der Waals surface area contributed by atoms with Gasteiger partial charge in [0.15, 0.2) is 0 Å². The standard InChI is InChI=1S/C17H24N2O2/c1-13(17-11-14-5-2-3-7-16(14)21-17)19(9-10-20)12-15-6-4-8-18-15/h2-3,5,7,11,13,15,18,20H,4,6,8-10,12H2,1H3. The molecule has 0 bridgehead atoms. The molecule has 0 spiro atoms. The Labute approximate surface area is 125 Å². The van der Waals surface area contributed by atoms with Crippen LogP contribution in [0.4, 0.5) is 0 Å². The highest BCUT2D eigenvalue weighted by atomic mass is 16.3. The normalized spacial score (nSPS) is 20.4. The van der Waals surface area contributed by atoms with Crippen molar-refractivity contribution in [3.63, 3.8) is 0 Å². The van der Waals surface area contributed by atoms with Crippen LogP contribution in [0.15, 0.2) is 34.7 Å². The van der Waals surface area contributed by atoms with Gasteiger partial charge in [-0.3, -0.25) is 4.90 Å². The van der Waals surface area contributed by atoms with Crippen LogP contribution in [0.3, 0.4) is 0 Å². The van der Waals surface area contributed by atoms with E-state index in [1.165, 1.54) is 12.8 Å². The minimum Gasteiger partial charge on any atom is -0.459 e. The average Bonchev–Trinajstić information content (AvgIpc) is 3.14. The monoisotopic (exact) mass is 288 g/mol. The van der Waals surface area contributed by atoms with Crippen molar-refractivity contribution in [3.05, 3.63) is 36.1 Å². The maximum atomic E-state index is 9.35. The Kier molecular flexibility index (Phi) is 4.58. The summed E-state index contributed by atoms with van der Waals surface area (Å²) in [6, 6.07) is 10.9. The molecule has 0 amide bonds. The van der Waals surface area contributed by atoms with Crippen LogP contribution in [0.25, 0.3) is 11.0 Å². The van der Waals surface area contributed by atoms with Gasteiger partial charge in [-0.05, 0) is 38.4 Å². The summed E-state index contributed by atoms with van der Waals surface area (Å²) in [7, 11) is 0. The molecule has 0 saturated carbocycles. The van der Waals surface area contributed by atoms with E-state index in [2.05, 4.69) is 29.3 Å². The van der Waals surface area contributed by atoms with Crippen molar-refractivity contribution in [2.45, 2.75) is 31.8 Å². The summed E-state index contributed by atoms with van der Waals surface area (Å²) in [5.74, 6) is 0.975. The van der Waals surface area contributed by atoms with Crippen molar-refractivity contribution in [2.75, 3.05) is 26.2 Å². The molecule has 1 aromatic carbocycles. The van der Waals surface area contributed by atoms with Gasteiger partial charge in [-0.25, -0.2) is 0 Å². The molecule has 114 valence electrons. The lowest BCUT2D eigenvalue weighted by Crippen LogP contribution is -2.40. The van der Waals surface area contributed by atoms with Crippen molar-refractivity contribution in [3.8, 4) is 0 Å². The van der Waals surface area contributed by atoms with Gasteiger partial charge in [-0.15, -0.1) is 0 Å². The van der Waals surface area contributed by atoms with E-state index >= 15 is 0 Å². The zero-order chi connectivity index (χ0) is 14.7. The van der Waals surface area contributed by atoms with Crippen molar-refractivity contribution in [2.24, 2.45) is 0 Å². The van der Waals surface area contributed by atoms with Crippen LogP contribution in [-0.2, 0) is 0 Å². The topological polar surface area (TPSA) is 48.6 Å².